The maximum absolute atomic E-state index is 12.6. The zero-order chi connectivity index (χ0) is 17.2. The second kappa shape index (κ2) is 6.44. The Bertz CT molecular complexity index is 797. The summed E-state index contributed by atoms with van der Waals surface area (Å²) in [7, 11) is -2.71. The van der Waals surface area contributed by atoms with Crippen LogP contribution in [0.2, 0.25) is 0 Å². The predicted octanol–water partition coefficient (Wildman–Crippen LogP) is 4.12. The lowest BCUT2D eigenvalue weighted by Crippen LogP contribution is -2.25. The molecule has 24 heavy (non-hydrogen) atoms. The van der Waals surface area contributed by atoms with Gasteiger partial charge in [0.1, 0.15) is 11.5 Å². The SMILES string of the molecule is O=[P+](O)C(c1ccccc1)(c1ccc(O)cc1)c1ccc(O)cc1. The summed E-state index contributed by atoms with van der Waals surface area (Å²) in [5, 5.41) is 17.8. The molecule has 3 rings (SSSR count). The monoisotopic (exact) mass is 339 g/mol. The van der Waals surface area contributed by atoms with Crippen LogP contribution in [0.4, 0.5) is 0 Å². The molecule has 0 saturated carbocycles. The molecule has 1 unspecified atom stereocenters. The average Bonchev–Trinajstić information content (AvgIpc) is 2.59. The predicted molar refractivity (Wildman–Crippen MR) is 92.4 cm³/mol. The number of phenols is 2. The van der Waals surface area contributed by atoms with Gasteiger partial charge in [0.15, 0.2) is 0 Å². The van der Waals surface area contributed by atoms with Gasteiger partial charge in [-0.25, -0.2) is 0 Å². The summed E-state index contributed by atoms with van der Waals surface area (Å²) in [4.78, 5) is 10.3. The number of aromatic hydroxyl groups is 2. The van der Waals surface area contributed by atoms with Gasteiger partial charge in [-0.15, -0.1) is 0 Å². The maximum Gasteiger partial charge on any atom is 0.526 e. The molecule has 0 bridgehead atoms. The third kappa shape index (κ3) is 2.67. The molecule has 0 aromatic heterocycles. The van der Waals surface area contributed by atoms with E-state index < -0.39 is 13.2 Å². The van der Waals surface area contributed by atoms with E-state index in [1.807, 2.05) is 18.2 Å². The van der Waals surface area contributed by atoms with Crippen molar-refractivity contribution in [1.82, 2.24) is 0 Å². The minimum Gasteiger partial charge on any atom is -0.508 e. The van der Waals surface area contributed by atoms with E-state index in [0.29, 0.717) is 16.7 Å². The van der Waals surface area contributed by atoms with Gasteiger partial charge in [-0.05, 0) is 53.1 Å². The van der Waals surface area contributed by atoms with Gasteiger partial charge in [-0.3, -0.25) is 0 Å². The Morgan fingerprint density at radius 3 is 1.38 bits per heavy atom. The Morgan fingerprint density at radius 1 is 0.625 bits per heavy atom. The van der Waals surface area contributed by atoms with Gasteiger partial charge >= 0.3 is 8.03 Å². The van der Waals surface area contributed by atoms with Crippen molar-refractivity contribution >= 4 is 8.03 Å². The van der Waals surface area contributed by atoms with Crippen LogP contribution >= 0.6 is 8.03 Å². The second-order valence-electron chi connectivity index (χ2n) is 5.44. The van der Waals surface area contributed by atoms with Gasteiger partial charge in [0.2, 0.25) is 0 Å². The molecule has 0 fully saturated rings. The van der Waals surface area contributed by atoms with E-state index in [-0.39, 0.29) is 11.5 Å². The molecule has 0 amide bonds. The van der Waals surface area contributed by atoms with E-state index in [4.69, 9.17) is 0 Å². The van der Waals surface area contributed by atoms with E-state index in [2.05, 4.69) is 0 Å². The van der Waals surface area contributed by atoms with Crippen molar-refractivity contribution in [2.45, 2.75) is 5.16 Å². The van der Waals surface area contributed by atoms with E-state index in [1.54, 1.807) is 36.4 Å². The molecule has 0 spiro atoms. The molecule has 120 valence electrons. The molecule has 0 heterocycles. The summed E-state index contributed by atoms with van der Waals surface area (Å²) in [5.41, 5.74) is 1.83. The molecular formula is C19H16O4P+. The van der Waals surface area contributed by atoms with Crippen molar-refractivity contribution < 1.29 is 19.7 Å². The highest BCUT2D eigenvalue weighted by molar-refractivity contribution is 7.40. The van der Waals surface area contributed by atoms with Crippen LogP contribution in [0.15, 0.2) is 78.9 Å². The van der Waals surface area contributed by atoms with Gasteiger partial charge in [0, 0.05) is 16.7 Å². The molecule has 0 radical (unpaired) electrons. The smallest absolute Gasteiger partial charge is 0.508 e. The van der Waals surface area contributed by atoms with Gasteiger partial charge in [0.25, 0.3) is 5.16 Å². The minimum absolute atomic E-state index is 0.0829. The topological polar surface area (TPSA) is 77.8 Å². The van der Waals surface area contributed by atoms with Gasteiger partial charge < -0.3 is 10.2 Å². The third-order valence-electron chi connectivity index (χ3n) is 4.05. The van der Waals surface area contributed by atoms with Crippen LogP contribution in [0.1, 0.15) is 16.7 Å². The van der Waals surface area contributed by atoms with Crippen molar-refractivity contribution in [1.29, 1.82) is 0 Å². The van der Waals surface area contributed by atoms with Crippen LogP contribution in [-0.2, 0) is 9.72 Å². The number of hydrogen-bond donors (Lipinski definition) is 3. The van der Waals surface area contributed by atoms with Crippen molar-refractivity contribution in [3.05, 3.63) is 95.6 Å². The summed E-state index contributed by atoms with van der Waals surface area (Å²) in [6.07, 6.45) is 0. The Balaban J connectivity index is 2.35. The summed E-state index contributed by atoms with van der Waals surface area (Å²) in [6, 6.07) is 21.6. The lowest BCUT2D eigenvalue weighted by molar-refractivity contribution is 0.470. The van der Waals surface area contributed by atoms with Crippen LogP contribution < -0.4 is 0 Å². The number of phenolic OH excluding ortho intramolecular Hbond substituents is 2. The summed E-state index contributed by atoms with van der Waals surface area (Å²) >= 11 is 0. The molecular weight excluding hydrogens is 323 g/mol. The molecule has 3 N–H and O–H groups in total. The quantitative estimate of drug-likeness (QED) is 0.493. The van der Waals surface area contributed by atoms with Crippen LogP contribution in [0.25, 0.3) is 0 Å². The highest BCUT2D eigenvalue weighted by atomic mass is 31.1. The van der Waals surface area contributed by atoms with E-state index >= 15 is 0 Å². The first-order chi connectivity index (χ1) is 11.5. The second-order valence-corrected chi connectivity index (χ2v) is 6.66. The molecule has 0 aliphatic rings. The van der Waals surface area contributed by atoms with Crippen molar-refractivity contribution in [2.24, 2.45) is 0 Å². The van der Waals surface area contributed by atoms with Crippen molar-refractivity contribution in [3.8, 4) is 11.5 Å². The van der Waals surface area contributed by atoms with Crippen LogP contribution in [-0.4, -0.2) is 15.1 Å². The Morgan fingerprint density at radius 2 is 1.00 bits per heavy atom. The normalized spacial score (nSPS) is 12.0. The molecule has 5 heteroatoms. The molecule has 0 aliphatic carbocycles. The zero-order valence-electron chi connectivity index (χ0n) is 12.7. The highest BCUT2D eigenvalue weighted by Crippen LogP contribution is 2.54. The first-order valence-electron chi connectivity index (χ1n) is 7.36. The molecule has 0 aliphatic heterocycles. The maximum atomic E-state index is 12.6. The van der Waals surface area contributed by atoms with E-state index in [9.17, 15) is 19.7 Å². The molecule has 3 aromatic carbocycles. The number of hydrogen-bond acceptors (Lipinski definition) is 3. The summed E-state index contributed by atoms with van der Waals surface area (Å²) < 4.78 is 12.6. The number of benzene rings is 3. The lowest BCUT2D eigenvalue weighted by atomic mass is 9.84. The first-order valence-corrected chi connectivity index (χ1v) is 8.57. The largest absolute Gasteiger partial charge is 0.526 e. The fraction of sp³-hybridized carbons (Fsp3) is 0.0526. The lowest BCUT2D eigenvalue weighted by Gasteiger charge is -2.23. The van der Waals surface area contributed by atoms with E-state index in [1.165, 1.54) is 24.3 Å². The zero-order valence-corrected chi connectivity index (χ0v) is 13.6. The van der Waals surface area contributed by atoms with Gasteiger partial charge in [-0.1, -0.05) is 30.3 Å². The van der Waals surface area contributed by atoms with Crippen LogP contribution in [0.5, 0.6) is 11.5 Å². The van der Waals surface area contributed by atoms with Crippen LogP contribution in [0.3, 0.4) is 0 Å². The standard InChI is InChI=1S/C19H15O4P/c20-17-10-6-15(7-11-17)19(24(22)23,14-4-2-1-3-5-14)16-8-12-18(21)13-9-16/h1-13H,(H2-,20,21,22,23)/p+1. The van der Waals surface area contributed by atoms with Crippen molar-refractivity contribution in [3.63, 3.8) is 0 Å². The summed E-state index contributed by atoms with van der Waals surface area (Å²) in [6.45, 7) is 0. The third-order valence-corrected chi connectivity index (χ3v) is 5.40. The molecule has 4 nitrogen and oxygen atoms in total. The average molecular weight is 339 g/mol. The molecule has 0 saturated heterocycles. The van der Waals surface area contributed by atoms with Crippen LogP contribution in [0, 0.1) is 0 Å². The molecule has 1 atom stereocenters. The molecule has 3 aromatic rings. The van der Waals surface area contributed by atoms with E-state index in [0.717, 1.165) is 0 Å². The van der Waals surface area contributed by atoms with Gasteiger partial charge in [0.05, 0.1) is 0 Å². The first kappa shape index (κ1) is 16.2. The Labute approximate surface area is 140 Å². The Hall–Kier alpha value is -2.68. The highest BCUT2D eigenvalue weighted by Gasteiger charge is 2.54. The fourth-order valence-electron chi connectivity index (χ4n) is 2.92. The van der Waals surface area contributed by atoms with Crippen molar-refractivity contribution in [2.75, 3.05) is 0 Å². The summed E-state index contributed by atoms with van der Waals surface area (Å²) in [5.74, 6) is 0.166. The minimum atomic E-state index is -2.71. The van der Waals surface area contributed by atoms with Gasteiger partial charge in [-0.2, -0.15) is 4.89 Å². The fourth-order valence-corrected chi connectivity index (χ4v) is 4.03. The Kier molecular flexibility index (Phi) is 4.34. The number of rotatable bonds is 4.